The van der Waals surface area contributed by atoms with Gasteiger partial charge in [-0.15, -0.1) is 0 Å². The molecule has 0 aromatic heterocycles. The van der Waals surface area contributed by atoms with E-state index in [0.29, 0.717) is 5.69 Å². The van der Waals surface area contributed by atoms with Gasteiger partial charge in [-0.3, -0.25) is 25.0 Å². The number of hydrogen-bond donors (Lipinski definition) is 1. The third-order valence-corrected chi connectivity index (χ3v) is 9.61. The van der Waals surface area contributed by atoms with Gasteiger partial charge in [-0.2, -0.15) is 0 Å². The first-order valence-corrected chi connectivity index (χ1v) is 14.8. The zero-order chi connectivity index (χ0) is 29.7. The number of nitrogens with zero attached hydrogens (tertiary/aromatic N) is 2. The third kappa shape index (κ3) is 4.98. The number of carbonyl (C=O) groups is 3. The first-order chi connectivity index (χ1) is 20.8. The highest BCUT2D eigenvalue weighted by Crippen LogP contribution is 2.60. The molecule has 0 radical (unpaired) electrons. The summed E-state index contributed by atoms with van der Waals surface area (Å²) in [5.41, 5.74) is 2.30. The third-order valence-electron chi connectivity index (χ3n) is 9.61. The van der Waals surface area contributed by atoms with E-state index in [1.165, 1.54) is 68.4 Å². The van der Waals surface area contributed by atoms with Crippen LogP contribution in [0.2, 0.25) is 0 Å². The topological polar surface area (TPSA) is 119 Å². The number of anilines is 1. The molecule has 5 aliphatic rings. The Kier molecular flexibility index (Phi) is 6.60. The van der Waals surface area contributed by atoms with Gasteiger partial charge in [-0.25, -0.2) is 9.69 Å². The average Bonchev–Trinajstić information content (AvgIpc) is 2.98. The molecule has 1 N–H and O–H groups in total. The molecule has 0 atom stereocenters. The Labute approximate surface area is 248 Å². The Hall–Kier alpha value is -4.79. The van der Waals surface area contributed by atoms with Gasteiger partial charge in [0, 0.05) is 6.07 Å². The summed E-state index contributed by atoms with van der Waals surface area (Å²) >= 11 is 0. The fourth-order valence-corrected chi connectivity index (χ4v) is 8.11. The normalized spacial score (nSPS) is 27.0. The Balaban J connectivity index is 1.13. The van der Waals surface area contributed by atoms with Crippen molar-refractivity contribution in [2.45, 2.75) is 50.5 Å². The van der Waals surface area contributed by atoms with Crippen LogP contribution in [0, 0.1) is 27.9 Å². The number of nitro benzene ring substituents is 1. The van der Waals surface area contributed by atoms with Crippen molar-refractivity contribution in [2.75, 3.05) is 4.90 Å². The number of nitrogens with one attached hydrogen (secondary N) is 1. The smallest absolute Gasteiger partial charge is 0.335 e. The molecule has 43 heavy (non-hydrogen) atoms. The van der Waals surface area contributed by atoms with E-state index in [-0.39, 0.29) is 34.6 Å². The zero-order valence-electron chi connectivity index (χ0n) is 23.5. The SMILES string of the molecule is O=C1NC(=O)N(c2ccc(C34CC5CC(CC(C5)C3)C4)cc2)C(=O)/C1=C/c1ccc(OCc2ccccc2)c([N+](=O)[O-])c1. The maximum absolute atomic E-state index is 13.5. The van der Waals surface area contributed by atoms with Gasteiger partial charge in [-0.05, 0) is 103 Å². The van der Waals surface area contributed by atoms with Crippen molar-refractivity contribution < 1.29 is 24.0 Å². The van der Waals surface area contributed by atoms with Crippen molar-refractivity contribution in [3.05, 3.63) is 105 Å². The highest BCUT2D eigenvalue weighted by Gasteiger charge is 2.51. The van der Waals surface area contributed by atoms with Gasteiger partial charge >= 0.3 is 11.7 Å². The number of nitro groups is 1. The lowest BCUT2D eigenvalue weighted by atomic mass is 9.48. The number of amides is 4. The molecule has 8 rings (SSSR count). The highest BCUT2D eigenvalue weighted by atomic mass is 16.6. The molecule has 5 fully saturated rings. The van der Waals surface area contributed by atoms with Crippen LogP contribution in [0.1, 0.15) is 55.2 Å². The molecule has 1 aliphatic heterocycles. The lowest BCUT2D eigenvalue weighted by Gasteiger charge is -2.57. The van der Waals surface area contributed by atoms with E-state index in [9.17, 15) is 24.5 Å². The van der Waals surface area contributed by atoms with Crippen LogP contribution in [-0.2, 0) is 21.6 Å². The Morgan fingerprint density at radius 1 is 0.907 bits per heavy atom. The Morgan fingerprint density at radius 3 is 2.19 bits per heavy atom. The molecule has 1 saturated heterocycles. The van der Waals surface area contributed by atoms with Crippen LogP contribution in [0.25, 0.3) is 6.08 Å². The van der Waals surface area contributed by atoms with Crippen molar-refractivity contribution in [1.82, 2.24) is 5.32 Å². The van der Waals surface area contributed by atoms with Gasteiger partial charge in [0.15, 0.2) is 5.75 Å². The van der Waals surface area contributed by atoms with Gasteiger partial charge in [-0.1, -0.05) is 48.5 Å². The van der Waals surface area contributed by atoms with E-state index in [0.717, 1.165) is 28.2 Å². The first kappa shape index (κ1) is 27.1. The Bertz CT molecular complexity index is 1630. The second-order valence-electron chi connectivity index (χ2n) is 12.5. The van der Waals surface area contributed by atoms with Gasteiger partial charge < -0.3 is 4.74 Å². The summed E-state index contributed by atoms with van der Waals surface area (Å²) in [6.07, 6.45) is 8.89. The van der Waals surface area contributed by atoms with E-state index in [1.807, 2.05) is 42.5 Å². The molecule has 4 saturated carbocycles. The zero-order valence-corrected chi connectivity index (χ0v) is 23.5. The molecule has 3 aromatic carbocycles. The number of rotatable bonds is 7. The van der Waals surface area contributed by atoms with Crippen LogP contribution >= 0.6 is 0 Å². The van der Waals surface area contributed by atoms with E-state index < -0.39 is 22.8 Å². The van der Waals surface area contributed by atoms with Crippen molar-refractivity contribution >= 4 is 35.3 Å². The number of imide groups is 2. The second-order valence-corrected chi connectivity index (χ2v) is 12.5. The molecule has 0 unspecified atom stereocenters. The van der Waals surface area contributed by atoms with Crippen molar-refractivity contribution in [2.24, 2.45) is 17.8 Å². The molecule has 9 heteroatoms. The molecule has 9 nitrogen and oxygen atoms in total. The number of ether oxygens (including phenoxy) is 1. The number of hydrogen-bond acceptors (Lipinski definition) is 6. The summed E-state index contributed by atoms with van der Waals surface area (Å²) in [5, 5.41) is 14.1. The summed E-state index contributed by atoms with van der Waals surface area (Å²) in [5.74, 6) is 0.788. The second kappa shape index (κ2) is 10.5. The highest BCUT2D eigenvalue weighted by molar-refractivity contribution is 6.39. The predicted molar refractivity (Wildman–Crippen MR) is 159 cm³/mol. The lowest BCUT2D eigenvalue weighted by molar-refractivity contribution is -0.386. The fraction of sp³-hybridized carbons (Fsp3) is 0.324. The average molecular weight is 578 g/mol. The lowest BCUT2D eigenvalue weighted by Crippen LogP contribution is -2.54. The molecule has 0 spiro atoms. The first-order valence-electron chi connectivity index (χ1n) is 14.8. The summed E-state index contributed by atoms with van der Waals surface area (Å²) in [4.78, 5) is 51.3. The van der Waals surface area contributed by atoms with Crippen LogP contribution < -0.4 is 15.0 Å². The summed E-state index contributed by atoms with van der Waals surface area (Å²) in [6.45, 7) is 0.141. The van der Waals surface area contributed by atoms with E-state index >= 15 is 0 Å². The summed E-state index contributed by atoms with van der Waals surface area (Å²) < 4.78 is 5.69. The van der Waals surface area contributed by atoms with Crippen molar-refractivity contribution in [3.63, 3.8) is 0 Å². The molecular formula is C34H31N3O6. The quantitative estimate of drug-likeness (QED) is 0.152. The summed E-state index contributed by atoms with van der Waals surface area (Å²) in [7, 11) is 0. The van der Waals surface area contributed by atoms with Gasteiger partial charge in [0.25, 0.3) is 11.8 Å². The van der Waals surface area contributed by atoms with Gasteiger partial charge in [0.05, 0.1) is 10.6 Å². The van der Waals surface area contributed by atoms with Crippen molar-refractivity contribution in [3.8, 4) is 5.75 Å². The van der Waals surface area contributed by atoms with Gasteiger partial charge in [0.1, 0.15) is 12.2 Å². The minimum absolute atomic E-state index is 0.0614. The van der Waals surface area contributed by atoms with Crippen LogP contribution in [0.4, 0.5) is 16.2 Å². The minimum Gasteiger partial charge on any atom is -0.482 e. The molecule has 4 bridgehead atoms. The van der Waals surface area contributed by atoms with Crippen molar-refractivity contribution in [1.29, 1.82) is 0 Å². The number of benzene rings is 3. The standard InChI is InChI=1S/C34H31N3O6/c38-31-28(15-22-6-11-30(29(16-22)37(41)42)43-20-21-4-2-1-3-5-21)32(39)36(33(40)35-31)27-9-7-26(8-10-27)34-17-23-12-24(18-34)14-25(13-23)19-34/h1-11,15-16,23-25H,12-14,17-20H2,(H,35,38,40)/b28-15+. The maximum atomic E-state index is 13.5. The molecule has 4 amide bonds. The van der Waals surface area contributed by atoms with E-state index in [1.54, 1.807) is 12.1 Å². The number of carbonyl (C=O) groups excluding carboxylic acids is 3. The van der Waals surface area contributed by atoms with Gasteiger partial charge in [0.2, 0.25) is 0 Å². The number of barbiturate groups is 1. The monoisotopic (exact) mass is 577 g/mol. The van der Waals surface area contributed by atoms with E-state index in [2.05, 4.69) is 5.32 Å². The van der Waals surface area contributed by atoms with Crippen LogP contribution in [0.3, 0.4) is 0 Å². The minimum atomic E-state index is -0.858. The Morgan fingerprint density at radius 2 is 1.56 bits per heavy atom. The predicted octanol–water partition coefficient (Wildman–Crippen LogP) is 6.31. The van der Waals surface area contributed by atoms with E-state index in [4.69, 9.17) is 4.74 Å². The van der Waals surface area contributed by atoms with Crippen LogP contribution in [0.5, 0.6) is 5.75 Å². The maximum Gasteiger partial charge on any atom is 0.335 e. The molecule has 218 valence electrons. The molecule has 1 heterocycles. The summed E-state index contributed by atoms with van der Waals surface area (Å²) in [6, 6.07) is 20.3. The number of urea groups is 1. The molecular weight excluding hydrogens is 546 g/mol. The largest absolute Gasteiger partial charge is 0.482 e. The molecule has 3 aromatic rings. The molecule has 4 aliphatic carbocycles. The van der Waals surface area contributed by atoms with Crippen LogP contribution in [0.15, 0.2) is 78.4 Å². The van der Waals surface area contributed by atoms with Crippen LogP contribution in [-0.4, -0.2) is 22.8 Å². The fourth-order valence-electron chi connectivity index (χ4n) is 8.11.